The molecule has 0 heterocycles. The average Bonchev–Trinajstić information content (AvgIpc) is 2.58. The summed E-state index contributed by atoms with van der Waals surface area (Å²) in [4.78, 5) is 12.2. The van der Waals surface area contributed by atoms with Crippen LogP contribution in [0.4, 0.5) is 0 Å². The van der Waals surface area contributed by atoms with Gasteiger partial charge in [0.1, 0.15) is 0 Å². The lowest BCUT2D eigenvalue weighted by molar-refractivity contribution is 0.0952. The van der Waals surface area contributed by atoms with E-state index in [4.69, 9.17) is 9.47 Å². The first-order chi connectivity index (χ1) is 11.5. The van der Waals surface area contributed by atoms with E-state index in [2.05, 4.69) is 5.32 Å². The number of hydrogen-bond acceptors (Lipinski definition) is 3. The molecule has 1 amide bonds. The van der Waals surface area contributed by atoms with E-state index in [1.54, 1.807) is 14.2 Å². The zero-order valence-corrected chi connectivity index (χ0v) is 14.8. The van der Waals surface area contributed by atoms with Crippen molar-refractivity contribution >= 4 is 5.91 Å². The molecule has 2 aromatic rings. The predicted octanol–water partition coefficient (Wildman–Crippen LogP) is 3.68. The highest BCUT2D eigenvalue weighted by Crippen LogP contribution is 2.27. The van der Waals surface area contributed by atoms with Gasteiger partial charge in [0.2, 0.25) is 0 Å². The normalized spacial score (nSPS) is 10.3. The SMILES string of the molecule is COc1ccc(CCCNC(=O)c2ccc(C)cc2C)cc1OC. The molecule has 4 nitrogen and oxygen atoms in total. The fourth-order valence-electron chi connectivity index (χ4n) is 2.69. The van der Waals surface area contributed by atoms with Gasteiger partial charge in [0, 0.05) is 12.1 Å². The third-order valence-corrected chi connectivity index (χ3v) is 4.00. The lowest BCUT2D eigenvalue weighted by Crippen LogP contribution is -2.25. The van der Waals surface area contributed by atoms with Gasteiger partial charge in [0.25, 0.3) is 5.91 Å². The Kier molecular flexibility index (Phi) is 6.24. The molecule has 1 N–H and O–H groups in total. The summed E-state index contributed by atoms with van der Waals surface area (Å²) in [6.07, 6.45) is 1.74. The van der Waals surface area contributed by atoms with Gasteiger partial charge in [-0.05, 0) is 56.0 Å². The van der Waals surface area contributed by atoms with E-state index < -0.39 is 0 Å². The van der Waals surface area contributed by atoms with Crippen LogP contribution in [0.15, 0.2) is 36.4 Å². The Morgan fingerprint density at radius 3 is 2.42 bits per heavy atom. The molecule has 0 bridgehead atoms. The summed E-state index contributed by atoms with van der Waals surface area (Å²) in [6, 6.07) is 11.8. The zero-order chi connectivity index (χ0) is 17.5. The Hall–Kier alpha value is -2.49. The van der Waals surface area contributed by atoms with E-state index in [0.717, 1.165) is 46.6 Å². The number of nitrogens with one attached hydrogen (secondary N) is 1. The Morgan fingerprint density at radius 2 is 1.75 bits per heavy atom. The molecule has 0 aliphatic carbocycles. The third kappa shape index (κ3) is 4.51. The second-order valence-electron chi connectivity index (χ2n) is 5.87. The number of rotatable bonds is 7. The molecule has 24 heavy (non-hydrogen) atoms. The molecule has 0 saturated heterocycles. The summed E-state index contributed by atoms with van der Waals surface area (Å²) in [5.74, 6) is 1.44. The van der Waals surface area contributed by atoms with Gasteiger partial charge in [-0.25, -0.2) is 0 Å². The molecule has 0 saturated carbocycles. The number of amides is 1. The van der Waals surface area contributed by atoms with Crippen LogP contribution in [0.5, 0.6) is 11.5 Å². The molecule has 0 fully saturated rings. The quantitative estimate of drug-likeness (QED) is 0.789. The largest absolute Gasteiger partial charge is 0.493 e. The standard InChI is InChI=1S/C20H25NO3/c1-14-7-9-17(15(2)12-14)20(22)21-11-5-6-16-8-10-18(23-3)19(13-16)24-4/h7-10,12-13H,5-6,11H2,1-4H3,(H,21,22). The Morgan fingerprint density at radius 1 is 1.00 bits per heavy atom. The van der Waals surface area contributed by atoms with Crippen molar-refractivity contribution in [2.75, 3.05) is 20.8 Å². The van der Waals surface area contributed by atoms with E-state index >= 15 is 0 Å². The van der Waals surface area contributed by atoms with E-state index in [9.17, 15) is 4.79 Å². The molecule has 0 aliphatic heterocycles. The number of carbonyl (C=O) groups is 1. The van der Waals surface area contributed by atoms with Crippen molar-refractivity contribution in [2.45, 2.75) is 26.7 Å². The van der Waals surface area contributed by atoms with Crippen LogP contribution in [0, 0.1) is 13.8 Å². The second kappa shape index (κ2) is 8.39. The van der Waals surface area contributed by atoms with Crippen LogP contribution in [0.3, 0.4) is 0 Å². The van der Waals surface area contributed by atoms with E-state index in [1.165, 1.54) is 0 Å². The van der Waals surface area contributed by atoms with Crippen molar-refractivity contribution in [3.8, 4) is 11.5 Å². The molecule has 0 unspecified atom stereocenters. The topological polar surface area (TPSA) is 47.6 Å². The minimum absolute atomic E-state index is 0.0141. The molecule has 2 aromatic carbocycles. The minimum Gasteiger partial charge on any atom is -0.493 e. The predicted molar refractivity (Wildman–Crippen MR) is 96.1 cm³/mol. The summed E-state index contributed by atoms with van der Waals surface area (Å²) in [5, 5.41) is 2.99. The maximum atomic E-state index is 12.2. The van der Waals surface area contributed by atoms with Crippen molar-refractivity contribution < 1.29 is 14.3 Å². The molecule has 0 spiro atoms. The molecular weight excluding hydrogens is 302 g/mol. The smallest absolute Gasteiger partial charge is 0.251 e. The molecule has 0 radical (unpaired) electrons. The molecule has 0 atom stereocenters. The van der Waals surface area contributed by atoms with Crippen molar-refractivity contribution in [2.24, 2.45) is 0 Å². The van der Waals surface area contributed by atoms with Gasteiger partial charge in [-0.3, -0.25) is 4.79 Å². The molecule has 128 valence electrons. The monoisotopic (exact) mass is 327 g/mol. The van der Waals surface area contributed by atoms with E-state index in [0.29, 0.717) is 6.54 Å². The Labute approximate surface area is 143 Å². The van der Waals surface area contributed by atoms with Crippen LogP contribution in [-0.2, 0) is 6.42 Å². The summed E-state index contributed by atoms with van der Waals surface area (Å²) < 4.78 is 10.5. The highest BCUT2D eigenvalue weighted by Gasteiger charge is 2.08. The lowest BCUT2D eigenvalue weighted by Gasteiger charge is -2.10. The first-order valence-electron chi connectivity index (χ1n) is 8.11. The van der Waals surface area contributed by atoms with Crippen LogP contribution in [0.2, 0.25) is 0 Å². The van der Waals surface area contributed by atoms with Crippen LogP contribution >= 0.6 is 0 Å². The van der Waals surface area contributed by atoms with Gasteiger partial charge in [0.15, 0.2) is 11.5 Å². The molecule has 2 rings (SSSR count). The Bertz CT molecular complexity index is 710. The van der Waals surface area contributed by atoms with Gasteiger partial charge < -0.3 is 14.8 Å². The number of methoxy groups -OCH3 is 2. The van der Waals surface area contributed by atoms with Crippen LogP contribution in [-0.4, -0.2) is 26.7 Å². The van der Waals surface area contributed by atoms with Crippen LogP contribution in [0.1, 0.15) is 33.5 Å². The molecule has 0 aromatic heterocycles. The van der Waals surface area contributed by atoms with Crippen molar-refractivity contribution in [3.63, 3.8) is 0 Å². The van der Waals surface area contributed by atoms with Crippen LogP contribution < -0.4 is 14.8 Å². The zero-order valence-electron chi connectivity index (χ0n) is 14.8. The number of aryl methyl sites for hydroxylation is 3. The van der Waals surface area contributed by atoms with Gasteiger partial charge in [0.05, 0.1) is 14.2 Å². The maximum Gasteiger partial charge on any atom is 0.251 e. The first-order valence-corrected chi connectivity index (χ1v) is 8.11. The highest BCUT2D eigenvalue weighted by atomic mass is 16.5. The lowest BCUT2D eigenvalue weighted by atomic mass is 10.0. The number of benzene rings is 2. The number of hydrogen-bond donors (Lipinski definition) is 1. The van der Waals surface area contributed by atoms with Gasteiger partial charge >= 0.3 is 0 Å². The van der Waals surface area contributed by atoms with Crippen molar-refractivity contribution in [3.05, 3.63) is 58.7 Å². The fourth-order valence-corrected chi connectivity index (χ4v) is 2.69. The molecular formula is C20H25NO3. The maximum absolute atomic E-state index is 12.2. The number of carbonyl (C=O) groups excluding carboxylic acids is 1. The highest BCUT2D eigenvalue weighted by molar-refractivity contribution is 5.95. The van der Waals surface area contributed by atoms with Crippen molar-refractivity contribution in [1.29, 1.82) is 0 Å². The third-order valence-electron chi connectivity index (χ3n) is 4.00. The molecule has 4 heteroatoms. The molecule has 0 aliphatic rings. The Balaban J connectivity index is 1.85. The van der Waals surface area contributed by atoms with Crippen molar-refractivity contribution in [1.82, 2.24) is 5.32 Å². The fraction of sp³-hybridized carbons (Fsp3) is 0.350. The minimum atomic E-state index is -0.0141. The van der Waals surface area contributed by atoms with Gasteiger partial charge in [-0.1, -0.05) is 23.8 Å². The van der Waals surface area contributed by atoms with E-state index in [-0.39, 0.29) is 5.91 Å². The number of ether oxygens (including phenoxy) is 2. The first kappa shape index (κ1) is 17.9. The average molecular weight is 327 g/mol. The summed E-state index contributed by atoms with van der Waals surface area (Å²) in [5.41, 5.74) is 4.07. The summed E-state index contributed by atoms with van der Waals surface area (Å²) in [7, 11) is 3.26. The summed E-state index contributed by atoms with van der Waals surface area (Å²) >= 11 is 0. The second-order valence-corrected chi connectivity index (χ2v) is 5.87. The summed E-state index contributed by atoms with van der Waals surface area (Å²) in [6.45, 7) is 4.63. The van der Waals surface area contributed by atoms with Gasteiger partial charge in [-0.15, -0.1) is 0 Å². The van der Waals surface area contributed by atoms with E-state index in [1.807, 2.05) is 50.2 Å². The van der Waals surface area contributed by atoms with Crippen LogP contribution in [0.25, 0.3) is 0 Å². The van der Waals surface area contributed by atoms with Gasteiger partial charge in [-0.2, -0.15) is 0 Å².